The fourth-order valence-electron chi connectivity index (χ4n) is 3.73. The molecule has 2 aromatic carbocycles. The number of anilines is 4. The van der Waals surface area contributed by atoms with Gasteiger partial charge in [-0.3, -0.25) is 0 Å². The smallest absolute Gasteiger partial charge is 0.229 e. The van der Waals surface area contributed by atoms with E-state index in [0.717, 1.165) is 43.4 Å². The molecule has 0 saturated carbocycles. The van der Waals surface area contributed by atoms with Crippen LogP contribution in [0.4, 0.5) is 23.1 Å². The summed E-state index contributed by atoms with van der Waals surface area (Å²) in [6.07, 6.45) is 0. The maximum absolute atomic E-state index is 4.82. The van der Waals surface area contributed by atoms with Gasteiger partial charge in [-0.2, -0.15) is 4.98 Å². The molecule has 1 aromatic heterocycles. The summed E-state index contributed by atoms with van der Waals surface area (Å²) in [5.41, 5.74) is 5.75. The summed E-state index contributed by atoms with van der Waals surface area (Å²) in [5.74, 6) is 1.66. The van der Waals surface area contributed by atoms with Gasteiger partial charge in [-0.25, -0.2) is 4.98 Å². The molecule has 0 radical (unpaired) electrons. The molecule has 0 bridgehead atoms. The molecule has 144 valence electrons. The van der Waals surface area contributed by atoms with Gasteiger partial charge in [-0.15, -0.1) is 0 Å². The Hall–Kier alpha value is -3.08. The van der Waals surface area contributed by atoms with Crippen molar-refractivity contribution in [2.75, 3.05) is 41.3 Å². The van der Waals surface area contributed by atoms with E-state index in [2.05, 4.69) is 88.5 Å². The highest BCUT2D eigenvalue weighted by atomic mass is 15.3. The Morgan fingerprint density at radius 2 is 1.39 bits per heavy atom. The fraction of sp³-hybridized carbons (Fsp3) is 0.304. The molecule has 0 atom stereocenters. The van der Waals surface area contributed by atoms with E-state index in [9.17, 15) is 0 Å². The molecular weight excluding hydrogens is 346 g/mol. The predicted molar refractivity (Wildman–Crippen MR) is 117 cm³/mol. The summed E-state index contributed by atoms with van der Waals surface area (Å²) in [6.45, 7) is 10.1. The molecule has 0 amide bonds. The van der Waals surface area contributed by atoms with Crippen LogP contribution in [0.5, 0.6) is 0 Å². The van der Waals surface area contributed by atoms with E-state index in [1.807, 2.05) is 6.92 Å². The standard InChI is InChI=1S/C23H27N5/c1-17-8-7-9-18(2)22(17)26-23-24-19(3)16-21(25-23)28-14-12-27(13-15-28)20-10-5-4-6-11-20/h4-11,16H,12-15H2,1-3H3,(H,24,25,26). The average molecular weight is 374 g/mol. The van der Waals surface area contributed by atoms with Crippen molar-refractivity contribution in [2.45, 2.75) is 20.8 Å². The molecule has 1 aliphatic rings. The zero-order valence-corrected chi connectivity index (χ0v) is 16.8. The van der Waals surface area contributed by atoms with Crippen molar-refractivity contribution in [1.82, 2.24) is 9.97 Å². The third kappa shape index (κ3) is 3.93. The van der Waals surface area contributed by atoms with Crippen LogP contribution in [-0.2, 0) is 0 Å². The molecule has 0 aliphatic carbocycles. The van der Waals surface area contributed by atoms with Gasteiger partial charge in [0, 0.05) is 49.3 Å². The number of benzene rings is 2. The molecule has 3 aromatic rings. The third-order valence-electron chi connectivity index (χ3n) is 5.28. The van der Waals surface area contributed by atoms with Crippen molar-refractivity contribution in [3.63, 3.8) is 0 Å². The Labute approximate surface area is 167 Å². The third-order valence-corrected chi connectivity index (χ3v) is 5.28. The number of nitrogens with one attached hydrogen (secondary N) is 1. The number of nitrogens with zero attached hydrogens (tertiary/aromatic N) is 4. The Kier molecular flexibility index (Phi) is 5.15. The first kappa shape index (κ1) is 18.3. The number of aromatic nitrogens is 2. The Balaban J connectivity index is 1.50. The van der Waals surface area contributed by atoms with Crippen molar-refractivity contribution < 1.29 is 0 Å². The van der Waals surface area contributed by atoms with Gasteiger partial charge in [0.25, 0.3) is 0 Å². The summed E-state index contributed by atoms with van der Waals surface area (Å²) in [7, 11) is 0. The SMILES string of the molecule is Cc1cc(N2CCN(c3ccccc3)CC2)nc(Nc2c(C)cccc2C)n1. The van der Waals surface area contributed by atoms with Gasteiger partial charge in [0.1, 0.15) is 5.82 Å². The van der Waals surface area contributed by atoms with Crippen LogP contribution >= 0.6 is 0 Å². The normalized spacial score (nSPS) is 14.2. The van der Waals surface area contributed by atoms with Crippen molar-refractivity contribution in [2.24, 2.45) is 0 Å². The van der Waals surface area contributed by atoms with Gasteiger partial charge in [-0.1, -0.05) is 36.4 Å². The predicted octanol–water partition coefficient (Wildman–Crippen LogP) is 4.47. The topological polar surface area (TPSA) is 44.3 Å². The molecule has 1 aliphatic heterocycles. The fourth-order valence-corrected chi connectivity index (χ4v) is 3.73. The summed E-state index contributed by atoms with van der Waals surface area (Å²) in [5, 5.41) is 3.44. The second-order valence-electron chi connectivity index (χ2n) is 7.39. The highest BCUT2D eigenvalue weighted by Crippen LogP contribution is 2.25. The lowest BCUT2D eigenvalue weighted by Crippen LogP contribution is -2.46. The molecule has 5 heteroatoms. The van der Waals surface area contributed by atoms with Gasteiger partial charge >= 0.3 is 0 Å². The zero-order chi connectivity index (χ0) is 19.5. The minimum Gasteiger partial charge on any atom is -0.368 e. The lowest BCUT2D eigenvalue weighted by Gasteiger charge is -2.36. The van der Waals surface area contributed by atoms with E-state index in [-0.39, 0.29) is 0 Å². The van der Waals surface area contributed by atoms with Gasteiger partial charge < -0.3 is 15.1 Å². The summed E-state index contributed by atoms with van der Waals surface area (Å²) in [4.78, 5) is 14.2. The highest BCUT2D eigenvalue weighted by molar-refractivity contribution is 5.63. The van der Waals surface area contributed by atoms with Gasteiger partial charge in [0.05, 0.1) is 0 Å². The number of hydrogen-bond acceptors (Lipinski definition) is 5. The van der Waals surface area contributed by atoms with Crippen LogP contribution in [-0.4, -0.2) is 36.1 Å². The van der Waals surface area contributed by atoms with E-state index >= 15 is 0 Å². The van der Waals surface area contributed by atoms with Crippen LogP contribution in [0.3, 0.4) is 0 Å². The van der Waals surface area contributed by atoms with Crippen LogP contribution < -0.4 is 15.1 Å². The minimum absolute atomic E-state index is 0.665. The Morgan fingerprint density at radius 3 is 2.07 bits per heavy atom. The molecular formula is C23H27N5. The molecule has 0 spiro atoms. The largest absolute Gasteiger partial charge is 0.368 e. The van der Waals surface area contributed by atoms with E-state index in [0.29, 0.717) is 5.95 Å². The van der Waals surface area contributed by atoms with Crippen molar-refractivity contribution in [3.05, 3.63) is 71.4 Å². The van der Waals surface area contributed by atoms with E-state index in [1.54, 1.807) is 0 Å². The first-order valence-corrected chi connectivity index (χ1v) is 9.84. The summed E-state index contributed by atoms with van der Waals surface area (Å²) in [6, 6.07) is 19.0. The number of para-hydroxylation sites is 2. The highest BCUT2D eigenvalue weighted by Gasteiger charge is 2.19. The maximum atomic E-state index is 4.82. The zero-order valence-electron chi connectivity index (χ0n) is 16.8. The number of rotatable bonds is 4. The van der Waals surface area contributed by atoms with E-state index < -0.39 is 0 Å². The quantitative estimate of drug-likeness (QED) is 0.731. The average Bonchev–Trinajstić information content (AvgIpc) is 2.71. The van der Waals surface area contributed by atoms with Crippen LogP contribution in [0.1, 0.15) is 16.8 Å². The lowest BCUT2D eigenvalue weighted by atomic mass is 10.1. The van der Waals surface area contributed by atoms with Crippen LogP contribution in [0.25, 0.3) is 0 Å². The van der Waals surface area contributed by atoms with Crippen molar-refractivity contribution in [3.8, 4) is 0 Å². The molecule has 1 saturated heterocycles. The van der Waals surface area contributed by atoms with E-state index in [1.165, 1.54) is 16.8 Å². The molecule has 4 rings (SSSR count). The second-order valence-corrected chi connectivity index (χ2v) is 7.39. The van der Waals surface area contributed by atoms with Crippen molar-refractivity contribution in [1.29, 1.82) is 0 Å². The van der Waals surface area contributed by atoms with Crippen LogP contribution in [0.15, 0.2) is 54.6 Å². The van der Waals surface area contributed by atoms with Crippen LogP contribution in [0, 0.1) is 20.8 Å². The second kappa shape index (κ2) is 7.89. The number of aryl methyl sites for hydroxylation is 3. The molecule has 28 heavy (non-hydrogen) atoms. The lowest BCUT2D eigenvalue weighted by molar-refractivity contribution is 0.647. The Morgan fingerprint density at radius 1 is 0.750 bits per heavy atom. The Bertz CT molecular complexity index is 926. The van der Waals surface area contributed by atoms with E-state index in [4.69, 9.17) is 4.98 Å². The molecule has 0 unspecified atom stereocenters. The first-order valence-electron chi connectivity index (χ1n) is 9.84. The van der Waals surface area contributed by atoms with Crippen molar-refractivity contribution >= 4 is 23.1 Å². The monoisotopic (exact) mass is 373 g/mol. The molecule has 5 nitrogen and oxygen atoms in total. The number of hydrogen-bond donors (Lipinski definition) is 1. The summed E-state index contributed by atoms with van der Waals surface area (Å²) >= 11 is 0. The summed E-state index contributed by atoms with van der Waals surface area (Å²) < 4.78 is 0. The van der Waals surface area contributed by atoms with Gasteiger partial charge in [-0.05, 0) is 44.0 Å². The van der Waals surface area contributed by atoms with Crippen LogP contribution in [0.2, 0.25) is 0 Å². The molecule has 1 N–H and O–H groups in total. The van der Waals surface area contributed by atoms with Gasteiger partial charge in [0.2, 0.25) is 5.95 Å². The first-order chi connectivity index (χ1) is 13.6. The maximum Gasteiger partial charge on any atom is 0.229 e. The van der Waals surface area contributed by atoms with Gasteiger partial charge in [0.15, 0.2) is 0 Å². The molecule has 1 fully saturated rings. The molecule has 2 heterocycles. The number of piperazine rings is 1. The minimum atomic E-state index is 0.665.